The average molecular weight is 343 g/mol. The number of rotatable bonds is 6. The Morgan fingerprint density at radius 1 is 1.24 bits per heavy atom. The second-order valence-electron chi connectivity index (χ2n) is 5.86. The molecule has 3 heterocycles. The second kappa shape index (κ2) is 7.73. The van der Waals surface area contributed by atoms with Gasteiger partial charge in [-0.15, -0.1) is 0 Å². The molecule has 1 amide bonds. The van der Waals surface area contributed by atoms with Crippen molar-refractivity contribution in [3.05, 3.63) is 24.7 Å². The van der Waals surface area contributed by atoms with E-state index in [1.54, 1.807) is 24.7 Å². The number of anilines is 3. The van der Waals surface area contributed by atoms with Crippen molar-refractivity contribution in [3.8, 4) is 6.01 Å². The lowest BCUT2D eigenvalue weighted by molar-refractivity contribution is -0.118. The van der Waals surface area contributed by atoms with Gasteiger partial charge in [0.15, 0.2) is 12.4 Å². The third-order valence-corrected chi connectivity index (χ3v) is 3.72. The van der Waals surface area contributed by atoms with Gasteiger partial charge in [0.2, 0.25) is 5.95 Å². The van der Waals surface area contributed by atoms with Crippen LogP contribution in [0.1, 0.15) is 12.8 Å². The molecule has 0 aromatic carbocycles. The van der Waals surface area contributed by atoms with Crippen LogP contribution in [-0.2, 0) is 4.79 Å². The molecule has 0 aliphatic carbocycles. The molecular formula is C16H21N7O2. The van der Waals surface area contributed by atoms with Crippen LogP contribution < -0.4 is 19.9 Å². The Kier molecular flexibility index (Phi) is 5.22. The van der Waals surface area contributed by atoms with Crippen LogP contribution in [0.3, 0.4) is 0 Å². The Labute approximate surface area is 146 Å². The monoisotopic (exact) mass is 343 g/mol. The molecule has 2 aromatic heterocycles. The number of hydrogen-bond acceptors (Lipinski definition) is 8. The van der Waals surface area contributed by atoms with Crippen LogP contribution in [0.4, 0.5) is 17.5 Å². The van der Waals surface area contributed by atoms with Crippen molar-refractivity contribution in [3.63, 3.8) is 0 Å². The summed E-state index contributed by atoms with van der Waals surface area (Å²) in [6.45, 7) is 1.73. The lowest BCUT2D eigenvalue weighted by Gasteiger charge is -2.21. The summed E-state index contributed by atoms with van der Waals surface area (Å²) < 4.78 is 5.25. The van der Waals surface area contributed by atoms with Crippen LogP contribution >= 0.6 is 0 Å². The van der Waals surface area contributed by atoms with Crippen molar-refractivity contribution >= 4 is 23.4 Å². The summed E-state index contributed by atoms with van der Waals surface area (Å²) in [6, 6.07) is 1.83. The van der Waals surface area contributed by atoms with Gasteiger partial charge in [0.1, 0.15) is 5.69 Å². The van der Waals surface area contributed by atoms with Crippen molar-refractivity contribution in [1.29, 1.82) is 0 Å². The SMILES string of the molecule is CN(C)c1nc(N2CCCC2)ncc1NC(=O)COc1ncccn1. The topological polar surface area (TPSA) is 96.4 Å². The quantitative estimate of drug-likeness (QED) is 0.828. The number of aromatic nitrogens is 4. The highest BCUT2D eigenvalue weighted by atomic mass is 16.5. The molecule has 9 heteroatoms. The molecular weight excluding hydrogens is 322 g/mol. The molecule has 0 spiro atoms. The molecule has 2 aromatic rings. The molecule has 1 aliphatic rings. The van der Waals surface area contributed by atoms with Gasteiger partial charge in [-0.3, -0.25) is 4.79 Å². The van der Waals surface area contributed by atoms with Gasteiger partial charge in [-0.05, 0) is 18.9 Å². The van der Waals surface area contributed by atoms with E-state index in [2.05, 4.69) is 30.2 Å². The third kappa shape index (κ3) is 4.31. The normalized spacial score (nSPS) is 13.6. The fourth-order valence-corrected chi connectivity index (χ4v) is 2.54. The molecule has 1 aliphatic heterocycles. The summed E-state index contributed by atoms with van der Waals surface area (Å²) in [5.74, 6) is 1.02. The molecule has 25 heavy (non-hydrogen) atoms. The van der Waals surface area contributed by atoms with Gasteiger partial charge in [0.05, 0.1) is 6.20 Å². The number of hydrogen-bond donors (Lipinski definition) is 1. The average Bonchev–Trinajstić information content (AvgIpc) is 3.16. The van der Waals surface area contributed by atoms with Gasteiger partial charge in [0.25, 0.3) is 5.91 Å². The highest BCUT2D eigenvalue weighted by molar-refractivity contribution is 5.94. The standard InChI is InChI=1S/C16H21N7O2/c1-22(2)14-12(10-19-15(21-14)23-8-3-4-9-23)20-13(24)11-25-16-17-6-5-7-18-16/h5-7,10H,3-4,8-9,11H2,1-2H3,(H,20,24). The van der Waals surface area contributed by atoms with Crippen LogP contribution in [-0.4, -0.2) is 59.6 Å². The van der Waals surface area contributed by atoms with Gasteiger partial charge < -0.3 is 19.9 Å². The van der Waals surface area contributed by atoms with Crippen LogP contribution in [0.5, 0.6) is 6.01 Å². The highest BCUT2D eigenvalue weighted by Crippen LogP contribution is 2.25. The smallest absolute Gasteiger partial charge is 0.316 e. The molecule has 1 fully saturated rings. The maximum atomic E-state index is 12.1. The number of ether oxygens (including phenoxy) is 1. The molecule has 1 N–H and O–H groups in total. The van der Waals surface area contributed by atoms with E-state index >= 15 is 0 Å². The highest BCUT2D eigenvalue weighted by Gasteiger charge is 2.18. The minimum atomic E-state index is -0.326. The molecule has 9 nitrogen and oxygen atoms in total. The Morgan fingerprint density at radius 2 is 1.96 bits per heavy atom. The predicted octanol–water partition coefficient (Wildman–Crippen LogP) is 0.950. The van der Waals surface area contributed by atoms with E-state index in [0.29, 0.717) is 17.5 Å². The van der Waals surface area contributed by atoms with E-state index in [0.717, 1.165) is 25.9 Å². The fourth-order valence-electron chi connectivity index (χ4n) is 2.54. The maximum absolute atomic E-state index is 12.1. The molecule has 3 rings (SSSR count). The first-order chi connectivity index (χ1) is 12.1. The van der Waals surface area contributed by atoms with Gasteiger partial charge in [-0.2, -0.15) is 4.98 Å². The maximum Gasteiger partial charge on any atom is 0.316 e. The van der Waals surface area contributed by atoms with E-state index < -0.39 is 0 Å². The Balaban J connectivity index is 1.67. The number of carbonyl (C=O) groups is 1. The van der Waals surface area contributed by atoms with Gasteiger partial charge in [-0.1, -0.05) is 0 Å². The molecule has 1 saturated heterocycles. The molecule has 0 radical (unpaired) electrons. The summed E-state index contributed by atoms with van der Waals surface area (Å²) in [5.41, 5.74) is 0.538. The number of nitrogens with zero attached hydrogens (tertiary/aromatic N) is 6. The van der Waals surface area contributed by atoms with Crippen molar-refractivity contribution in [2.75, 3.05) is 48.9 Å². The van der Waals surface area contributed by atoms with Gasteiger partial charge in [-0.25, -0.2) is 15.0 Å². The predicted molar refractivity (Wildman–Crippen MR) is 94.0 cm³/mol. The summed E-state index contributed by atoms with van der Waals surface area (Å²) in [4.78, 5) is 32.9. The largest absolute Gasteiger partial charge is 0.453 e. The first kappa shape index (κ1) is 16.9. The molecule has 0 saturated carbocycles. The third-order valence-electron chi connectivity index (χ3n) is 3.72. The Hall–Kier alpha value is -2.97. The zero-order valence-corrected chi connectivity index (χ0v) is 14.3. The van der Waals surface area contributed by atoms with Crippen molar-refractivity contribution in [2.24, 2.45) is 0 Å². The first-order valence-electron chi connectivity index (χ1n) is 8.12. The van der Waals surface area contributed by atoms with Crippen LogP contribution in [0.2, 0.25) is 0 Å². The molecule has 0 bridgehead atoms. The summed E-state index contributed by atoms with van der Waals surface area (Å²) in [6.07, 6.45) is 7.04. The lowest BCUT2D eigenvalue weighted by atomic mass is 10.4. The first-order valence-corrected chi connectivity index (χ1v) is 8.12. The zero-order valence-electron chi connectivity index (χ0n) is 14.3. The molecule has 0 unspecified atom stereocenters. The minimum Gasteiger partial charge on any atom is -0.453 e. The van der Waals surface area contributed by atoms with E-state index in [-0.39, 0.29) is 18.5 Å². The van der Waals surface area contributed by atoms with E-state index in [1.165, 1.54) is 0 Å². The molecule has 0 atom stereocenters. The number of amides is 1. The van der Waals surface area contributed by atoms with Crippen LogP contribution in [0.25, 0.3) is 0 Å². The minimum absolute atomic E-state index is 0.158. The van der Waals surface area contributed by atoms with Crippen LogP contribution in [0.15, 0.2) is 24.7 Å². The molecule has 132 valence electrons. The van der Waals surface area contributed by atoms with Crippen molar-refractivity contribution in [2.45, 2.75) is 12.8 Å². The van der Waals surface area contributed by atoms with Gasteiger partial charge in [0, 0.05) is 39.6 Å². The lowest BCUT2D eigenvalue weighted by Crippen LogP contribution is -2.25. The summed E-state index contributed by atoms with van der Waals surface area (Å²) in [7, 11) is 3.75. The summed E-state index contributed by atoms with van der Waals surface area (Å²) in [5, 5.41) is 2.78. The van der Waals surface area contributed by atoms with E-state index in [4.69, 9.17) is 4.74 Å². The van der Waals surface area contributed by atoms with E-state index in [9.17, 15) is 4.79 Å². The van der Waals surface area contributed by atoms with E-state index in [1.807, 2.05) is 19.0 Å². The van der Waals surface area contributed by atoms with Gasteiger partial charge >= 0.3 is 6.01 Å². The Morgan fingerprint density at radius 3 is 2.64 bits per heavy atom. The zero-order chi connectivity index (χ0) is 17.6. The van der Waals surface area contributed by atoms with Crippen molar-refractivity contribution in [1.82, 2.24) is 19.9 Å². The number of nitrogens with one attached hydrogen (secondary N) is 1. The van der Waals surface area contributed by atoms with Crippen molar-refractivity contribution < 1.29 is 9.53 Å². The fraction of sp³-hybridized carbons (Fsp3) is 0.438. The number of carbonyl (C=O) groups excluding carboxylic acids is 1. The summed E-state index contributed by atoms with van der Waals surface area (Å²) >= 11 is 0. The van der Waals surface area contributed by atoms with Crippen LogP contribution in [0, 0.1) is 0 Å². The Bertz CT molecular complexity index is 718. The second-order valence-corrected chi connectivity index (χ2v) is 5.86.